The summed E-state index contributed by atoms with van der Waals surface area (Å²) < 4.78 is 5.09. The van der Waals surface area contributed by atoms with Crippen molar-refractivity contribution in [2.24, 2.45) is 0 Å². The summed E-state index contributed by atoms with van der Waals surface area (Å²) in [5.74, 6) is -1.01. The van der Waals surface area contributed by atoms with Gasteiger partial charge in [-0.25, -0.2) is 0 Å². The molecular formula is C17H11N2O5-. The SMILES string of the molecule is COc1ccccc1C(=O)/C(C#N)=C/c1ccc([O-])c([N+](=O)[O-])c1. The van der Waals surface area contributed by atoms with E-state index in [2.05, 4.69) is 0 Å². The summed E-state index contributed by atoms with van der Waals surface area (Å²) >= 11 is 0. The van der Waals surface area contributed by atoms with Crippen LogP contribution in [0.15, 0.2) is 48.0 Å². The zero-order valence-corrected chi connectivity index (χ0v) is 12.6. The van der Waals surface area contributed by atoms with Crippen LogP contribution in [0.3, 0.4) is 0 Å². The Balaban J connectivity index is 2.47. The van der Waals surface area contributed by atoms with E-state index in [1.807, 2.05) is 0 Å². The van der Waals surface area contributed by atoms with Crippen molar-refractivity contribution in [3.05, 3.63) is 69.3 Å². The van der Waals surface area contributed by atoms with Gasteiger partial charge in [-0.3, -0.25) is 14.9 Å². The van der Waals surface area contributed by atoms with Crippen LogP contribution < -0.4 is 9.84 Å². The molecule has 0 fully saturated rings. The summed E-state index contributed by atoms with van der Waals surface area (Å²) in [7, 11) is 1.40. The highest BCUT2D eigenvalue weighted by Gasteiger charge is 2.17. The highest BCUT2D eigenvalue weighted by Crippen LogP contribution is 2.26. The van der Waals surface area contributed by atoms with Gasteiger partial charge >= 0.3 is 0 Å². The molecule has 0 aliphatic carbocycles. The molecule has 0 atom stereocenters. The van der Waals surface area contributed by atoms with Crippen molar-refractivity contribution in [1.82, 2.24) is 0 Å². The fourth-order valence-electron chi connectivity index (χ4n) is 2.06. The molecule has 2 aromatic carbocycles. The maximum atomic E-state index is 12.5. The lowest BCUT2D eigenvalue weighted by Crippen LogP contribution is -2.04. The number of allylic oxidation sites excluding steroid dienone is 1. The standard InChI is InChI=1S/C17H12N2O5/c1-24-16-5-3-2-4-13(16)17(21)12(10-18)8-11-6-7-15(20)14(9-11)19(22)23/h2-9,20H,1H3/p-1/b12-8+. The van der Waals surface area contributed by atoms with Crippen LogP contribution in [0.2, 0.25) is 0 Å². The Kier molecular flexibility index (Phi) is 4.92. The molecule has 0 spiro atoms. The third-order valence-corrected chi connectivity index (χ3v) is 3.21. The lowest BCUT2D eigenvalue weighted by Gasteiger charge is -2.08. The average Bonchev–Trinajstić information content (AvgIpc) is 2.60. The quantitative estimate of drug-likeness (QED) is 0.274. The van der Waals surface area contributed by atoms with Crippen LogP contribution in [0.4, 0.5) is 5.69 Å². The first-order valence-electron chi connectivity index (χ1n) is 6.73. The molecule has 0 bridgehead atoms. The van der Waals surface area contributed by atoms with Crippen LogP contribution in [0.1, 0.15) is 15.9 Å². The van der Waals surface area contributed by atoms with Gasteiger partial charge in [0.1, 0.15) is 17.4 Å². The van der Waals surface area contributed by atoms with E-state index in [0.29, 0.717) is 5.75 Å². The van der Waals surface area contributed by atoms with Gasteiger partial charge in [0, 0.05) is 6.07 Å². The molecule has 0 saturated carbocycles. The van der Waals surface area contributed by atoms with Crippen LogP contribution in [0, 0.1) is 21.4 Å². The summed E-state index contributed by atoms with van der Waals surface area (Å²) in [6, 6.07) is 11.5. The zero-order chi connectivity index (χ0) is 17.7. The van der Waals surface area contributed by atoms with Gasteiger partial charge < -0.3 is 9.84 Å². The number of carbonyl (C=O) groups is 1. The van der Waals surface area contributed by atoms with Gasteiger partial charge in [-0.1, -0.05) is 24.3 Å². The van der Waals surface area contributed by atoms with Crippen LogP contribution in [-0.2, 0) is 0 Å². The molecule has 24 heavy (non-hydrogen) atoms. The molecule has 0 unspecified atom stereocenters. The van der Waals surface area contributed by atoms with E-state index in [4.69, 9.17) is 4.74 Å². The molecule has 0 aliphatic heterocycles. The molecule has 0 heterocycles. The Hall–Kier alpha value is -3.66. The monoisotopic (exact) mass is 323 g/mol. The van der Waals surface area contributed by atoms with Gasteiger partial charge in [0.15, 0.2) is 0 Å². The molecule has 2 aromatic rings. The van der Waals surface area contributed by atoms with Gasteiger partial charge in [-0.15, -0.1) is 0 Å². The minimum absolute atomic E-state index is 0.197. The lowest BCUT2D eigenvalue weighted by atomic mass is 10.0. The van der Waals surface area contributed by atoms with Gasteiger partial charge in [-0.2, -0.15) is 5.26 Å². The van der Waals surface area contributed by atoms with Gasteiger partial charge in [0.2, 0.25) is 5.78 Å². The van der Waals surface area contributed by atoms with Crippen molar-refractivity contribution in [3.63, 3.8) is 0 Å². The number of nitro groups is 1. The first-order valence-corrected chi connectivity index (χ1v) is 6.73. The number of methoxy groups -OCH3 is 1. The number of hydrogen-bond acceptors (Lipinski definition) is 6. The molecule has 0 aromatic heterocycles. The predicted octanol–water partition coefficient (Wildman–Crippen LogP) is 2.47. The molecule has 0 amide bonds. The number of ether oxygens (including phenoxy) is 1. The van der Waals surface area contributed by atoms with E-state index in [1.54, 1.807) is 24.3 Å². The number of hydrogen-bond donors (Lipinski definition) is 0. The van der Waals surface area contributed by atoms with Crippen molar-refractivity contribution < 1.29 is 19.6 Å². The van der Waals surface area contributed by atoms with Gasteiger partial charge in [0.05, 0.1) is 17.6 Å². The predicted molar refractivity (Wildman–Crippen MR) is 83.5 cm³/mol. The summed E-state index contributed by atoms with van der Waals surface area (Å²) in [5, 5.41) is 31.4. The van der Waals surface area contributed by atoms with Crippen molar-refractivity contribution in [3.8, 4) is 17.6 Å². The van der Waals surface area contributed by atoms with Crippen molar-refractivity contribution in [1.29, 1.82) is 5.26 Å². The first-order chi connectivity index (χ1) is 11.5. The topological polar surface area (TPSA) is 116 Å². The second-order valence-corrected chi connectivity index (χ2v) is 4.68. The largest absolute Gasteiger partial charge is 0.868 e. The molecule has 7 heteroatoms. The second-order valence-electron chi connectivity index (χ2n) is 4.68. The van der Waals surface area contributed by atoms with E-state index in [9.17, 15) is 25.3 Å². The van der Waals surface area contributed by atoms with E-state index >= 15 is 0 Å². The number of rotatable bonds is 5. The van der Waals surface area contributed by atoms with Crippen LogP contribution in [0.5, 0.6) is 11.5 Å². The van der Waals surface area contributed by atoms with Gasteiger partial charge in [-0.05, 0) is 29.5 Å². The molecule has 0 aliphatic rings. The minimum atomic E-state index is -0.812. The third-order valence-electron chi connectivity index (χ3n) is 3.21. The molecule has 2 rings (SSSR count). The van der Waals surface area contributed by atoms with Crippen molar-refractivity contribution >= 4 is 17.5 Å². The number of carbonyl (C=O) groups excluding carboxylic acids is 1. The maximum absolute atomic E-state index is 12.5. The zero-order valence-electron chi connectivity index (χ0n) is 12.6. The smallest absolute Gasteiger partial charge is 0.262 e. The number of nitriles is 1. The Labute approximate surface area is 137 Å². The number of nitrogens with zero attached hydrogens (tertiary/aromatic N) is 2. The van der Waals surface area contributed by atoms with Crippen LogP contribution in [-0.4, -0.2) is 17.8 Å². The molecule has 0 saturated heterocycles. The summed E-state index contributed by atoms with van der Waals surface area (Å²) in [6.07, 6.45) is 1.20. The Morgan fingerprint density at radius 2 is 2.00 bits per heavy atom. The van der Waals surface area contributed by atoms with E-state index in [0.717, 1.165) is 12.1 Å². The minimum Gasteiger partial charge on any atom is -0.868 e. The maximum Gasteiger partial charge on any atom is 0.262 e. The Bertz CT molecular complexity index is 881. The van der Waals surface area contributed by atoms with Crippen molar-refractivity contribution in [2.45, 2.75) is 0 Å². The van der Waals surface area contributed by atoms with Crippen LogP contribution >= 0.6 is 0 Å². The normalized spacial score (nSPS) is 10.8. The van der Waals surface area contributed by atoms with Crippen molar-refractivity contribution in [2.75, 3.05) is 7.11 Å². The van der Waals surface area contributed by atoms with E-state index in [1.165, 1.54) is 25.3 Å². The Morgan fingerprint density at radius 3 is 2.62 bits per heavy atom. The second kappa shape index (κ2) is 7.07. The van der Waals surface area contributed by atoms with E-state index < -0.39 is 22.1 Å². The molecule has 0 radical (unpaired) electrons. The third kappa shape index (κ3) is 3.39. The van der Waals surface area contributed by atoms with E-state index in [-0.39, 0.29) is 16.7 Å². The number of ketones is 1. The fraction of sp³-hybridized carbons (Fsp3) is 0.0588. The summed E-state index contributed by atoms with van der Waals surface area (Å²) in [5.41, 5.74) is -0.443. The first kappa shape index (κ1) is 16.7. The molecule has 7 nitrogen and oxygen atoms in total. The molecule has 120 valence electrons. The lowest BCUT2D eigenvalue weighted by molar-refractivity contribution is -0.398. The van der Waals surface area contributed by atoms with Crippen LogP contribution in [0.25, 0.3) is 6.08 Å². The number of para-hydroxylation sites is 1. The number of nitro benzene ring substituents is 1. The average molecular weight is 323 g/mol. The Morgan fingerprint density at radius 1 is 1.29 bits per heavy atom. The summed E-state index contributed by atoms with van der Waals surface area (Å²) in [6.45, 7) is 0. The summed E-state index contributed by atoms with van der Waals surface area (Å²) in [4.78, 5) is 22.5. The molecule has 0 N–H and O–H groups in total. The fourth-order valence-corrected chi connectivity index (χ4v) is 2.06. The highest BCUT2D eigenvalue weighted by molar-refractivity contribution is 6.15. The van der Waals surface area contributed by atoms with Gasteiger partial charge in [0.25, 0.3) is 5.69 Å². The number of benzene rings is 2. The highest BCUT2D eigenvalue weighted by atomic mass is 16.6. The molecular weight excluding hydrogens is 312 g/mol. The number of Topliss-reactive ketones (excluding diaryl/α,β-unsaturated/α-hetero) is 1.